The third-order valence-corrected chi connectivity index (χ3v) is 3.49. The van der Waals surface area contributed by atoms with E-state index in [4.69, 9.17) is 8.94 Å². The van der Waals surface area contributed by atoms with Gasteiger partial charge in [-0.1, -0.05) is 23.4 Å². The summed E-state index contributed by atoms with van der Waals surface area (Å²) in [5, 5.41) is 4.78. The number of furan rings is 1. The Morgan fingerprint density at radius 3 is 2.91 bits per heavy atom. The van der Waals surface area contributed by atoms with Gasteiger partial charge in [-0.15, -0.1) is 0 Å². The SMILES string of the molecule is Cc1cccc2cc(-c3noc(-c4ccco4)n3)c(=O)[nH]c12. The van der Waals surface area contributed by atoms with E-state index in [1.54, 1.807) is 18.2 Å². The van der Waals surface area contributed by atoms with Crippen LogP contribution in [0.4, 0.5) is 0 Å². The van der Waals surface area contributed by atoms with Gasteiger partial charge in [0.2, 0.25) is 5.82 Å². The molecule has 1 aromatic carbocycles. The summed E-state index contributed by atoms with van der Waals surface area (Å²) in [5.74, 6) is 0.937. The Bertz CT molecular complexity index is 1010. The zero-order valence-corrected chi connectivity index (χ0v) is 11.7. The monoisotopic (exact) mass is 293 g/mol. The van der Waals surface area contributed by atoms with Crippen LogP contribution < -0.4 is 5.56 Å². The molecule has 0 bridgehead atoms. The Kier molecular flexibility index (Phi) is 2.69. The van der Waals surface area contributed by atoms with Crippen molar-refractivity contribution in [3.05, 3.63) is 58.6 Å². The van der Waals surface area contributed by atoms with Crippen LogP contribution in [0.5, 0.6) is 0 Å². The molecule has 4 rings (SSSR count). The van der Waals surface area contributed by atoms with Crippen molar-refractivity contribution in [1.82, 2.24) is 15.1 Å². The average Bonchev–Trinajstić information content (AvgIpc) is 3.18. The third kappa shape index (κ3) is 1.93. The minimum absolute atomic E-state index is 0.232. The Balaban J connectivity index is 1.88. The fourth-order valence-corrected chi connectivity index (χ4v) is 2.38. The van der Waals surface area contributed by atoms with Crippen LogP contribution >= 0.6 is 0 Å². The standard InChI is InChI=1S/C16H11N3O3/c1-9-4-2-5-10-8-11(15(20)17-13(9)10)14-18-16(22-19-14)12-6-3-7-21-12/h2-8H,1H3,(H,17,20). The third-order valence-electron chi connectivity index (χ3n) is 3.49. The van der Waals surface area contributed by atoms with E-state index in [0.29, 0.717) is 11.3 Å². The van der Waals surface area contributed by atoms with Crippen molar-refractivity contribution >= 4 is 10.9 Å². The van der Waals surface area contributed by atoms with Gasteiger partial charge in [0.15, 0.2) is 5.76 Å². The summed E-state index contributed by atoms with van der Waals surface area (Å²) in [6.45, 7) is 1.95. The van der Waals surface area contributed by atoms with Crippen molar-refractivity contribution in [3.8, 4) is 23.0 Å². The zero-order valence-electron chi connectivity index (χ0n) is 11.7. The molecule has 0 spiro atoms. The summed E-state index contributed by atoms with van der Waals surface area (Å²) >= 11 is 0. The molecule has 0 fully saturated rings. The number of nitrogens with zero attached hydrogens (tertiary/aromatic N) is 2. The number of hydrogen-bond acceptors (Lipinski definition) is 5. The molecular weight excluding hydrogens is 282 g/mol. The largest absolute Gasteiger partial charge is 0.459 e. The van der Waals surface area contributed by atoms with Crippen LogP contribution in [0.25, 0.3) is 33.9 Å². The maximum absolute atomic E-state index is 12.3. The Labute approximate surface area is 124 Å². The van der Waals surface area contributed by atoms with E-state index in [-0.39, 0.29) is 17.3 Å². The molecule has 3 aromatic heterocycles. The lowest BCUT2D eigenvalue weighted by Gasteiger charge is -2.02. The van der Waals surface area contributed by atoms with Crippen LogP contribution in [0.2, 0.25) is 0 Å². The number of benzene rings is 1. The first kappa shape index (κ1) is 12.6. The Morgan fingerprint density at radius 1 is 1.18 bits per heavy atom. The van der Waals surface area contributed by atoms with Gasteiger partial charge in [-0.3, -0.25) is 4.79 Å². The molecule has 0 unspecified atom stereocenters. The lowest BCUT2D eigenvalue weighted by atomic mass is 10.1. The summed E-state index contributed by atoms with van der Waals surface area (Å²) < 4.78 is 10.3. The van der Waals surface area contributed by atoms with Gasteiger partial charge in [0, 0.05) is 0 Å². The van der Waals surface area contributed by atoms with Crippen LogP contribution in [0.1, 0.15) is 5.56 Å². The molecule has 0 saturated carbocycles. The minimum Gasteiger partial charge on any atom is -0.459 e. The second-order valence-electron chi connectivity index (χ2n) is 4.95. The maximum Gasteiger partial charge on any atom is 0.293 e. The van der Waals surface area contributed by atoms with E-state index < -0.39 is 0 Å². The highest BCUT2D eigenvalue weighted by Crippen LogP contribution is 2.23. The molecule has 6 nitrogen and oxygen atoms in total. The van der Waals surface area contributed by atoms with Crippen molar-refractivity contribution in [1.29, 1.82) is 0 Å². The van der Waals surface area contributed by atoms with Crippen LogP contribution in [0.15, 0.2) is 56.4 Å². The normalized spacial score (nSPS) is 11.1. The first-order valence-corrected chi connectivity index (χ1v) is 6.73. The second kappa shape index (κ2) is 4.70. The highest BCUT2D eigenvalue weighted by Gasteiger charge is 2.16. The predicted molar refractivity (Wildman–Crippen MR) is 80.3 cm³/mol. The molecule has 0 atom stereocenters. The van der Waals surface area contributed by atoms with Gasteiger partial charge in [-0.05, 0) is 36.1 Å². The van der Waals surface area contributed by atoms with Gasteiger partial charge in [0.25, 0.3) is 11.4 Å². The van der Waals surface area contributed by atoms with Crippen LogP contribution in [0.3, 0.4) is 0 Å². The van der Waals surface area contributed by atoms with Crippen molar-refractivity contribution in [2.45, 2.75) is 6.92 Å². The van der Waals surface area contributed by atoms with Crippen LogP contribution in [0, 0.1) is 6.92 Å². The molecule has 1 N–H and O–H groups in total. The molecule has 0 saturated heterocycles. The Hall–Kier alpha value is -3.15. The second-order valence-corrected chi connectivity index (χ2v) is 4.95. The van der Waals surface area contributed by atoms with Crippen molar-refractivity contribution in [2.24, 2.45) is 0 Å². The molecule has 22 heavy (non-hydrogen) atoms. The lowest BCUT2D eigenvalue weighted by molar-refractivity contribution is 0.417. The van der Waals surface area contributed by atoms with E-state index in [0.717, 1.165) is 16.5 Å². The number of H-pyrrole nitrogens is 1. The number of aromatic nitrogens is 3. The summed E-state index contributed by atoms with van der Waals surface area (Å²) in [7, 11) is 0. The Morgan fingerprint density at radius 2 is 2.09 bits per heavy atom. The number of rotatable bonds is 2. The first-order valence-electron chi connectivity index (χ1n) is 6.73. The summed E-state index contributed by atoms with van der Waals surface area (Å²) in [5.41, 5.74) is 1.92. The van der Waals surface area contributed by atoms with Crippen molar-refractivity contribution < 1.29 is 8.94 Å². The molecule has 108 valence electrons. The lowest BCUT2D eigenvalue weighted by Crippen LogP contribution is -2.10. The molecule has 0 aliphatic rings. The molecule has 0 aliphatic carbocycles. The number of pyridine rings is 1. The number of para-hydroxylation sites is 1. The fraction of sp³-hybridized carbons (Fsp3) is 0.0625. The van der Waals surface area contributed by atoms with Gasteiger partial charge >= 0.3 is 0 Å². The number of aromatic amines is 1. The minimum atomic E-state index is -0.256. The van der Waals surface area contributed by atoms with Crippen molar-refractivity contribution in [3.63, 3.8) is 0 Å². The van der Waals surface area contributed by atoms with Gasteiger partial charge in [0.1, 0.15) is 0 Å². The predicted octanol–water partition coefficient (Wildman–Crippen LogP) is 3.15. The summed E-state index contributed by atoms with van der Waals surface area (Å²) in [4.78, 5) is 19.4. The highest BCUT2D eigenvalue weighted by atomic mass is 16.5. The zero-order chi connectivity index (χ0) is 15.1. The number of hydrogen-bond donors (Lipinski definition) is 1. The van der Waals surface area contributed by atoms with Crippen molar-refractivity contribution in [2.75, 3.05) is 0 Å². The van der Waals surface area contributed by atoms with Gasteiger partial charge < -0.3 is 13.9 Å². The molecule has 0 amide bonds. The molecule has 3 heterocycles. The fourth-order valence-electron chi connectivity index (χ4n) is 2.38. The quantitative estimate of drug-likeness (QED) is 0.613. The summed E-state index contributed by atoms with van der Waals surface area (Å²) in [6.07, 6.45) is 1.52. The van der Waals surface area contributed by atoms with E-state index in [9.17, 15) is 4.79 Å². The summed E-state index contributed by atoms with van der Waals surface area (Å²) in [6, 6.07) is 11.0. The topological polar surface area (TPSA) is 84.9 Å². The smallest absolute Gasteiger partial charge is 0.293 e. The van der Waals surface area contributed by atoms with Crippen LogP contribution in [-0.2, 0) is 0 Å². The number of aryl methyl sites for hydroxylation is 1. The number of nitrogens with one attached hydrogen (secondary N) is 1. The molecule has 4 aromatic rings. The highest BCUT2D eigenvalue weighted by molar-refractivity contribution is 5.84. The van der Waals surface area contributed by atoms with Gasteiger partial charge in [-0.25, -0.2) is 0 Å². The van der Waals surface area contributed by atoms with E-state index in [1.165, 1.54) is 6.26 Å². The van der Waals surface area contributed by atoms with Crippen LogP contribution in [-0.4, -0.2) is 15.1 Å². The van der Waals surface area contributed by atoms with Gasteiger partial charge in [0.05, 0.1) is 17.3 Å². The van der Waals surface area contributed by atoms with E-state index in [1.807, 2.05) is 25.1 Å². The first-order chi connectivity index (χ1) is 10.7. The number of fused-ring (bicyclic) bond motifs is 1. The average molecular weight is 293 g/mol. The van der Waals surface area contributed by atoms with E-state index >= 15 is 0 Å². The van der Waals surface area contributed by atoms with E-state index in [2.05, 4.69) is 15.1 Å². The molecule has 0 radical (unpaired) electrons. The molecule has 6 heteroatoms. The molecular formula is C16H11N3O3. The molecule has 0 aliphatic heterocycles. The maximum atomic E-state index is 12.3. The van der Waals surface area contributed by atoms with Gasteiger partial charge in [-0.2, -0.15) is 4.98 Å².